The molecule has 1 atom stereocenters. The number of amides is 1. The molecule has 1 fully saturated rings. The van der Waals surface area contributed by atoms with Crippen LogP contribution in [0.3, 0.4) is 0 Å². The molecule has 7 heteroatoms. The van der Waals surface area contributed by atoms with E-state index >= 15 is 0 Å². The van der Waals surface area contributed by atoms with Gasteiger partial charge in [-0.2, -0.15) is 0 Å². The van der Waals surface area contributed by atoms with E-state index in [9.17, 15) is 14.4 Å². The van der Waals surface area contributed by atoms with Crippen LogP contribution in [0.2, 0.25) is 0 Å². The first kappa shape index (κ1) is 21.8. The van der Waals surface area contributed by atoms with Crippen molar-refractivity contribution >= 4 is 27.5 Å². The molecule has 0 bridgehead atoms. The number of nitrogens with one attached hydrogen (secondary N) is 2. The van der Waals surface area contributed by atoms with Crippen LogP contribution in [0.5, 0.6) is 0 Å². The van der Waals surface area contributed by atoms with Crippen LogP contribution < -0.4 is 16.6 Å². The Bertz CT molecular complexity index is 921. The van der Waals surface area contributed by atoms with Gasteiger partial charge < -0.3 is 10.3 Å². The molecule has 1 saturated carbocycles. The first-order chi connectivity index (χ1) is 14.0. The average molecular weight is 420 g/mol. The summed E-state index contributed by atoms with van der Waals surface area (Å²) in [4.78, 5) is 40.3. The zero-order valence-electron chi connectivity index (χ0n) is 17.5. The molecule has 1 amide bonds. The predicted octanol–water partition coefficient (Wildman–Crippen LogP) is 3.89. The summed E-state index contributed by atoms with van der Waals surface area (Å²) in [6.07, 6.45) is 8.10. The number of fused-ring (bicyclic) bond motifs is 1. The molecule has 0 radical (unpaired) electrons. The Morgan fingerprint density at radius 3 is 2.72 bits per heavy atom. The van der Waals surface area contributed by atoms with E-state index in [1.54, 1.807) is 6.07 Å². The van der Waals surface area contributed by atoms with Crippen LogP contribution in [0, 0.1) is 17.8 Å². The van der Waals surface area contributed by atoms with Crippen molar-refractivity contribution in [3.05, 3.63) is 32.3 Å². The Labute approximate surface area is 175 Å². The summed E-state index contributed by atoms with van der Waals surface area (Å²) in [5.41, 5.74) is 0.0840. The summed E-state index contributed by atoms with van der Waals surface area (Å²) in [6, 6.07) is 1.77. The highest BCUT2D eigenvalue weighted by molar-refractivity contribution is 7.17. The number of unbranched alkanes of at least 4 members (excludes halogenated alkanes) is 1. The van der Waals surface area contributed by atoms with Gasteiger partial charge in [-0.15, -0.1) is 11.3 Å². The first-order valence-electron chi connectivity index (χ1n) is 11.0. The summed E-state index contributed by atoms with van der Waals surface area (Å²) < 4.78 is 1.94. The highest BCUT2D eigenvalue weighted by Gasteiger charge is 2.27. The van der Waals surface area contributed by atoms with E-state index < -0.39 is 0 Å². The Balaban J connectivity index is 1.51. The number of thiophene rings is 1. The SMILES string of the molecule is CCCCC(CC)CNC(=O)C1CCC(Cn2c(=O)[nH]c3ccsc3c2=O)CC1. The highest BCUT2D eigenvalue weighted by Crippen LogP contribution is 2.30. The number of carbonyl (C=O) groups excluding carboxylic acids is 1. The molecule has 2 aromatic rings. The van der Waals surface area contributed by atoms with Crippen LogP contribution in [-0.4, -0.2) is 22.0 Å². The molecule has 1 aliphatic rings. The van der Waals surface area contributed by atoms with E-state index in [2.05, 4.69) is 24.1 Å². The standard InChI is InChI=1S/C22H33N3O3S/c1-3-5-6-15(4-2)13-23-20(26)17-9-7-16(8-10-17)14-25-21(27)19-18(11-12-29-19)24-22(25)28/h11-12,15-17H,3-10,13-14H2,1-2H3,(H,23,26)(H,24,28). The number of carbonyl (C=O) groups is 1. The average Bonchev–Trinajstić information content (AvgIpc) is 3.20. The van der Waals surface area contributed by atoms with E-state index in [4.69, 9.17) is 0 Å². The fraction of sp³-hybridized carbons (Fsp3) is 0.682. The molecule has 6 nitrogen and oxygen atoms in total. The van der Waals surface area contributed by atoms with Gasteiger partial charge in [0.2, 0.25) is 5.91 Å². The third-order valence-corrected chi connectivity index (χ3v) is 7.26. The molecule has 3 rings (SSSR count). The molecular weight excluding hydrogens is 386 g/mol. The zero-order chi connectivity index (χ0) is 20.8. The van der Waals surface area contributed by atoms with Crippen molar-refractivity contribution in [2.75, 3.05) is 6.54 Å². The Morgan fingerprint density at radius 1 is 1.28 bits per heavy atom. The van der Waals surface area contributed by atoms with Crippen molar-refractivity contribution in [2.24, 2.45) is 17.8 Å². The summed E-state index contributed by atoms with van der Waals surface area (Å²) in [5.74, 6) is 1.07. The lowest BCUT2D eigenvalue weighted by Crippen LogP contribution is -2.39. The van der Waals surface area contributed by atoms with Crippen molar-refractivity contribution in [1.82, 2.24) is 14.9 Å². The van der Waals surface area contributed by atoms with Gasteiger partial charge in [0.1, 0.15) is 4.70 Å². The van der Waals surface area contributed by atoms with Gasteiger partial charge in [-0.1, -0.05) is 33.1 Å². The summed E-state index contributed by atoms with van der Waals surface area (Å²) in [7, 11) is 0. The number of H-pyrrole nitrogens is 1. The minimum absolute atomic E-state index is 0.0599. The quantitative estimate of drug-likeness (QED) is 0.647. The molecule has 160 valence electrons. The fourth-order valence-electron chi connectivity index (χ4n) is 4.33. The Kier molecular flexibility index (Phi) is 7.70. The number of aromatic amines is 1. The lowest BCUT2D eigenvalue weighted by Gasteiger charge is -2.28. The molecule has 0 spiro atoms. The molecular formula is C22H33N3O3S. The van der Waals surface area contributed by atoms with Gasteiger partial charge in [-0.25, -0.2) is 4.79 Å². The van der Waals surface area contributed by atoms with Crippen LogP contribution in [-0.2, 0) is 11.3 Å². The first-order valence-corrected chi connectivity index (χ1v) is 11.9. The molecule has 0 aliphatic heterocycles. The normalized spacial score (nSPS) is 20.6. The minimum atomic E-state index is -0.335. The molecule has 29 heavy (non-hydrogen) atoms. The molecule has 2 heterocycles. The zero-order valence-corrected chi connectivity index (χ0v) is 18.4. The van der Waals surface area contributed by atoms with Gasteiger partial charge in [0.15, 0.2) is 0 Å². The maximum absolute atomic E-state index is 12.6. The summed E-state index contributed by atoms with van der Waals surface area (Å²) in [6.45, 7) is 5.60. The Hall–Kier alpha value is -1.89. The maximum Gasteiger partial charge on any atom is 0.328 e. The summed E-state index contributed by atoms with van der Waals surface area (Å²) >= 11 is 1.36. The van der Waals surface area contributed by atoms with E-state index in [0.29, 0.717) is 22.7 Å². The number of aromatic nitrogens is 2. The lowest BCUT2D eigenvalue weighted by atomic mass is 9.81. The van der Waals surface area contributed by atoms with Crippen LogP contribution in [0.4, 0.5) is 0 Å². The fourth-order valence-corrected chi connectivity index (χ4v) is 5.13. The smallest absolute Gasteiger partial charge is 0.328 e. The second-order valence-electron chi connectivity index (χ2n) is 8.39. The van der Waals surface area contributed by atoms with Gasteiger partial charge in [0.05, 0.1) is 5.52 Å². The topological polar surface area (TPSA) is 84.0 Å². The number of hydrogen-bond donors (Lipinski definition) is 2. The van der Waals surface area contributed by atoms with E-state index in [-0.39, 0.29) is 29.0 Å². The van der Waals surface area contributed by atoms with Crippen molar-refractivity contribution < 1.29 is 4.79 Å². The largest absolute Gasteiger partial charge is 0.356 e. The maximum atomic E-state index is 12.6. The number of nitrogens with zero attached hydrogens (tertiary/aromatic N) is 1. The predicted molar refractivity (Wildman–Crippen MR) is 118 cm³/mol. The molecule has 2 aromatic heterocycles. The third-order valence-electron chi connectivity index (χ3n) is 6.36. The van der Waals surface area contributed by atoms with Crippen molar-refractivity contribution in [1.29, 1.82) is 0 Å². The Morgan fingerprint density at radius 2 is 2.03 bits per heavy atom. The van der Waals surface area contributed by atoms with Crippen LogP contribution in [0.25, 0.3) is 10.2 Å². The number of rotatable bonds is 9. The van der Waals surface area contributed by atoms with Crippen LogP contribution in [0.15, 0.2) is 21.0 Å². The molecule has 2 N–H and O–H groups in total. The molecule has 1 unspecified atom stereocenters. The second kappa shape index (κ2) is 10.2. The third kappa shape index (κ3) is 5.38. The molecule has 1 aliphatic carbocycles. The van der Waals surface area contributed by atoms with Gasteiger partial charge in [-0.3, -0.25) is 14.2 Å². The number of hydrogen-bond acceptors (Lipinski definition) is 4. The highest BCUT2D eigenvalue weighted by atomic mass is 32.1. The molecule has 0 saturated heterocycles. The van der Waals surface area contributed by atoms with Gasteiger partial charge in [-0.05, 0) is 55.4 Å². The van der Waals surface area contributed by atoms with E-state index in [1.807, 2.05) is 5.38 Å². The molecule has 0 aromatic carbocycles. The van der Waals surface area contributed by atoms with Crippen LogP contribution >= 0.6 is 11.3 Å². The van der Waals surface area contributed by atoms with Gasteiger partial charge in [0.25, 0.3) is 5.56 Å². The second-order valence-corrected chi connectivity index (χ2v) is 9.30. The van der Waals surface area contributed by atoms with Crippen molar-refractivity contribution in [3.63, 3.8) is 0 Å². The summed E-state index contributed by atoms with van der Waals surface area (Å²) in [5, 5.41) is 4.99. The monoisotopic (exact) mass is 419 g/mol. The van der Waals surface area contributed by atoms with Crippen LogP contribution in [0.1, 0.15) is 65.2 Å². The van der Waals surface area contributed by atoms with Gasteiger partial charge in [0, 0.05) is 19.0 Å². The van der Waals surface area contributed by atoms with Crippen molar-refractivity contribution in [2.45, 2.75) is 71.8 Å². The van der Waals surface area contributed by atoms with Crippen molar-refractivity contribution in [3.8, 4) is 0 Å². The minimum Gasteiger partial charge on any atom is -0.356 e. The van der Waals surface area contributed by atoms with Gasteiger partial charge >= 0.3 is 5.69 Å². The van der Waals surface area contributed by atoms with E-state index in [0.717, 1.165) is 38.6 Å². The van der Waals surface area contributed by atoms with E-state index in [1.165, 1.54) is 35.2 Å². The lowest BCUT2D eigenvalue weighted by molar-refractivity contribution is -0.126.